The first-order chi connectivity index (χ1) is 26.4. The van der Waals surface area contributed by atoms with Crippen LogP contribution in [-0.4, -0.2) is 19.9 Å². The quantitative estimate of drug-likeness (QED) is 0.128. The first-order valence-corrected chi connectivity index (χ1v) is 18.1. The summed E-state index contributed by atoms with van der Waals surface area (Å²) in [5, 5.41) is 3.58. The van der Waals surface area contributed by atoms with Gasteiger partial charge in [-0.3, -0.25) is 9.97 Å². The number of rotatable bonds is 5. The minimum Gasteiger partial charge on any atom is -0.305 e. The number of nitrogens with zero attached hydrogens (tertiary/aromatic N) is 4. The summed E-state index contributed by atoms with van der Waals surface area (Å²) in [6, 6.07) is 52.8. The molecule has 269 valence electrons. The minimum absolute atomic E-state index is 0. The van der Waals surface area contributed by atoms with Crippen molar-refractivity contribution in [2.24, 2.45) is 0 Å². The van der Waals surface area contributed by atoms with E-state index in [2.05, 4.69) is 127 Å². The Morgan fingerprint density at radius 2 is 1.16 bits per heavy atom. The number of fused-ring (bicyclic) bond motifs is 3. The van der Waals surface area contributed by atoms with E-state index in [1.807, 2.05) is 80.1 Å². The van der Waals surface area contributed by atoms with Gasteiger partial charge in [0, 0.05) is 61.5 Å². The molecule has 5 aromatic carbocycles. The Labute approximate surface area is 336 Å². The Hall–Kier alpha value is -6.13. The van der Waals surface area contributed by atoms with Crippen LogP contribution in [0.25, 0.3) is 77.6 Å². The number of pyridine rings is 4. The molecule has 0 N–H and O–H groups in total. The third-order valence-corrected chi connectivity index (χ3v) is 9.74. The molecular weight excluding hydrogens is 849 g/mol. The first-order valence-electron chi connectivity index (χ1n) is 18.1. The van der Waals surface area contributed by atoms with Crippen molar-refractivity contribution in [3.05, 3.63) is 193 Å². The second kappa shape index (κ2) is 16.5. The van der Waals surface area contributed by atoms with Crippen LogP contribution in [0, 0.1) is 39.8 Å². The molecule has 0 saturated heterocycles. The Balaban J connectivity index is 0.000000305. The van der Waals surface area contributed by atoms with Crippen LogP contribution >= 0.6 is 0 Å². The predicted octanol–water partition coefficient (Wildman–Crippen LogP) is 12.4. The molecule has 4 aromatic heterocycles. The average Bonchev–Trinajstić information content (AvgIpc) is 3.21. The standard InChI is InChI=1S/C39H30N3.C11H8N.Ir/c1-24-13-15-41-38(16-24)28-12-11-25(2)35(21-28)29-18-30(20-31(19-29)37-23-42-27(4)17-26(37)3)36-22-39-34(10-7-14-40-39)32-8-5-6-9-33(32)36;1-2-6-10(7-3-1)11-8-4-5-9-12-11;/h5-11,13-23H,1-4H3;1-6,8-9H;/q2*-1;. The molecule has 0 atom stereocenters. The third-order valence-electron chi connectivity index (χ3n) is 9.74. The normalized spacial score (nSPS) is 10.8. The Morgan fingerprint density at radius 1 is 0.455 bits per heavy atom. The molecule has 9 rings (SSSR count). The van der Waals surface area contributed by atoms with Crippen molar-refractivity contribution in [3.8, 4) is 55.9 Å². The van der Waals surface area contributed by atoms with Crippen molar-refractivity contribution < 1.29 is 20.1 Å². The van der Waals surface area contributed by atoms with Gasteiger partial charge in [-0.25, -0.2) is 0 Å². The number of aromatic nitrogens is 4. The van der Waals surface area contributed by atoms with Gasteiger partial charge in [-0.2, -0.15) is 0 Å². The monoisotopic (exact) mass is 887 g/mol. The average molecular weight is 887 g/mol. The molecule has 0 saturated carbocycles. The van der Waals surface area contributed by atoms with Gasteiger partial charge in [0.05, 0.1) is 5.52 Å². The van der Waals surface area contributed by atoms with E-state index in [9.17, 15) is 0 Å². The molecule has 1 radical (unpaired) electrons. The summed E-state index contributed by atoms with van der Waals surface area (Å²) >= 11 is 0. The van der Waals surface area contributed by atoms with Crippen LogP contribution in [0.3, 0.4) is 0 Å². The molecule has 0 aliphatic rings. The van der Waals surface area contributed by atoms with Gasteiger partial charge in [-0.05, 0) is 119 Å². The molecule has 0 fully saturated rings. The summed E-state index contributed by atoms with van der Waals surface area (Å²) in [5.74, 6) is 0. The van der Waals surface area contributed by atoms with E-state index in [0.29, 0.717) is 0 Å². The summed E-state index contributed by atoms with van der Waals surface area (Å²) < 4.78 is 0. The van der Waals surface area contributed by atoms with Gasteiger partial charge in [0.2, 0.25) is 0 Å². The minimum atomic E-state index is 0. The van der Waals surface area contributed by atoms with E-state index in [1.165, 1.54) is 33.0 Å². The molecule has 0 bridgehead atoms. The van der Waals surface area contributed by atoms with Crippen molar-refractivity contribution in [3.63, 3.8) is 0 Å². The molecule has 5 heteroatoms. The molecule has 0 aliphatic heterocycles. The predicted molar refractivity (Wildman–Crippen MR) is 223 cm³/mol. The second-order valence-electron chi connectivity index (χ2n) is 13.6. The number of aryl methyl sites for hydroxylation is 4. The molecule has 4 nitrogen and oxygen atoms in total. The van der Waals surface area contributed by atoms with Gasteiger partial charge in [0.15, 0.2) is 0 Å². The van der Waals surface area contributed by atoms with E-state index in [-0.39, 0.29) is 20.1 Å². The Bertz CT molecular complexity index is 2720. The summed E-state index contributed by atoms with van der Waals surface area (Å²) in [7, 11) is 0. The van der Waals surface area contributed by atoms with E-state index < -0.39 is 0 Å². The fraction of sp³-hybridized carbons (Fsp3) is 0.0800. The Kier molecular flexibility index (Phi) is 11.1. The fourth-order valence-corrected chi connectivity index (χ4v) is 7.04. The van der Waals surface area contributed by atoms with Gasteiger partial charge >= 0.3 is 0 Å². The van der Waals surface area contributed by atoms with Crippen LogP contribution in [0.1, 0.15) is 22.4 Å². The van der Waals surface area contributed by atoms with Gasteiger partial charge in [0.1, 0.15) is 0 Å². The van der Waals surface area contributed by atoms with Crippen molar-refractivity contribution in [1.29, 1.82) is 0 Å². The fourth-order valence-electron chi connectivity index (χ4n) is 7.04. The van der Waals surface area contributed by atoms with E-state index in [1.54, 1.807) is 6.20 Å². The summed E-state index contributed by atoms with van der Waals surface area (Å²) in [6.07, 6.45) is 7.52. The largest absolute Gasteiger partial charge is 0.305 e. The Morgan fingerprint density at radius 3 is 1.91 bits per heavy atom. The topological polar surface area (TPSA) is 51.6 Å². The summed E-state index contributed by atoms with van der Waals surface area (Å²) in [4.78, 5) is 18.3. The maximum Gasteiger partial charge on any atom is 0.0714 e. The van der Waals surface area contributed by atoms with Crippen LogP contribution in [0.5, 0.6) is 0 Å². The van der Waals surface area contributed by atoms with Crippen molar-refractivity contribution in [1.82, 2.24) is 19.9 Å². The van der Waals surface area contributed by atoms with Crippen molar-refractivity contribution >= 4 is 21.7 Å². The van der Waals surface area contributed by atoms with Crippen molar-refractivity contribution in [2.75, 3.05) is 0 Å². The zero-order valence-electron chi connectivity index (χ0n) is 31.1. The van der Waals surface area contributed by atoms with Crippen LogP contribution in [0.15, 0.2) is 158 Å². The second-order valence-corrected chi connectivity index (χ2v) is 13.6. The van der Waals surface area contributed by atoms with Gasteiger partial charge in [-0.1, -0.05) is 66.6 Å². The number of hydrogen-bond donors (Lipinski definition) is 0. The van der Waals surface area contributed by atoms with E-state index >= 15 is 0 Å². The number of benzene rings is 5. The first kappa shape index (κ1) is 37.2. The van der Waals surface area contributed by atoms with Gasteiger partial charge < -0.3 is 9.97 Å². The third kappa shape index (κ3) is 8.05. The molecular formula is C50H38IrN4-2. The summed E-state index contributed by atoms with van der Waals surface area (Å²) in [6.45, 7) is 8.45. The molecule has 4 heterocycles. The van der Waals surface area contributed by atoms with Crippen LogP contribution < -0.4 is 0 Å². The van der Waals surface area contributed by atoms with Gasteiger partial charge in [0.25, 0.3) is 0 Å². The van der Waals surface area contributed by atoms with Gasteiger partial charge in [-0.15, -0.1) is 65.2 Å². The molecule has 9 aromatic rings. The SMILES string of the molecule is Cc1ccnc(-c2[c-]cc(C)c(-c3cc(-c4cnc(C)cc4C)cc(-c4cc5ncccc5c5ccccc45)c3)c2)c1.[Ir].[c-]1ccccc1-c1ccccn1. The van der Waals surface area contributed by atoms with Crippen LogP contribution in [-0.2, 0) is 20.1 Å². The van der Waals surface area contributed by atoms with Crippen LogP contribution in [0.4, 0.5) is 0 Å². The number of hydrogen-bond acceptors (Lipinski definition) is 4. The zero-order valence-corrected chi connectivity index (χ0v) is 33.5. The molecule has 0 amide bonds. The van der Waals surface area contributed by atoms with Crippen molar-refractivity contribution in [2.45, 2.75) is 27.7 Å². The summed E-state index contributed by atoms with van der Waals surface area (Å²) in [5.41, 5.74) is 16.4. The molecule has 0 aliphatic carbocycles. The maximum absolute atomic E-state index is 4.75. The molecule has 0 spiro atoms. The smallest absolute Gasteiger partial charge is 0.0714 e. The van der Waals surface area contributed by atoms with E-state index in [4.69, 9.17) is 4.98 Å². The van der Waals surface area contributed by atoms with Crippen LogP contribution in [0.2, 0.25) is 0 Å². The zero-order chi connectivity index (χ0) is 37.0. The molecule has 55 heavy (non-hydrogen) atoms. The maximum atomic E-state index is 4.75. The molecule has 0 unspecified atom stereocenters. The van der Waals surface area contributed by atoms with E-state index in [0.717, 1.165) is 66.9 Å².